The van der Waals surface area contributed by atoms with Crippen LogP contribution in [-0.4, -0.2) is 19.6 Å². The molecule has 2 aromatic carbocycles. The summed E-state index contributed by atoms with van der Waals surface area (Å²) in [4.78, 5) is 12.4. The van der Waals surface area contributed by atoms with E-state index in [0.29, 0.717) is 11.6 Å². The number of halogens is 1. The van der Waals surface area contributed by atoms with Crippen LogP contribution < -0.4 is 15.4 Å². The van der Waals surface area contributed by atoms with Crippen molar-refractivity contribution in [2.75, 3.05) is 19.0 Å². The Morgan fingerprint density at radius 2 is 2.12 bits per heavy atom. The average Bonchev–Trinajstić information content (AvgIpc) is 2.75. The van der Waals surface area contributed by atoms with Gasteiger partial charge in [-0.1, -0.05) is 17.7 Å². The number of rotatable bonds is 2. The molecular weight excluding hydrogens is 324 g/mol. The van der Waals surface area contributed by atoms with Crippen molar-refractivity contribution in [3.8, 4) is 5.75 Å². The standard InChI is InChI=1S/C19H19ClN2O2/c1-19(14-10-11(20)6-7-16(14)24-2)13-8-9-21-18(23)12-4-3-5-15(22-19)17(12)13/h3-7,10,13,22H,8-9H2,1-2H3,(H,21,23). The molecule has 0 bridgehead atoms. The van der Waals surface area contributed by atoms with Gasteiger partial charge in [-0.2, -0.15) is 0 Å². The van der Waals surface area contributed by atoms with Gasteiger partial charge >= 0.3 is 0 Å². The first-order chi connectivity index (χ1) is 11.5. The van der Waals surface area contributed by atoms with Crippen LogP contribution in [0.15, 0.2) is 36.4 Å². The average molecular weight is 343 g/mol. The zero-order chi connectivity index (χ0) is 16.9. The molecule has 0 saturated heterocycles. The van der Waals surface area contributed by atoms with E-state index >= 15 is 0 Å². The highest BCUT2D eigenvalue weighted by Crippen LogP contribution is 2.53. The second kappa shape index (κ2) is 5.42. The van der Waals surface area contributed by atoms with Gasteiger partial charge in [0.15, 0.2) is 0 Å². The van der Waals surface area contributed by atoms with E-state index in [2.05, 4.69) is 17.6 Å². The maximum absolute atomic E-state index is 12.4. The van der Waals surface area contributed by atoms with E-state index in [1.54, 1.807) is 7.11 Å². The number of ether oxygens (including phenoxy) is 1. The molecule has 1 amide bonds. The van der Waals surface area contributed by atoms with Crippen LogP contribution >= 0.6 is 11.6 Å². The van der Waals surface area contributed by atoms with Gasteiger partial charge in [0.2, 0.25) is 0 Å². The number of amides is 1. The summed E-state index contributed by atoms with van der Waals surface area (Å²) < 4.78 is 5.59. The van der Waals surface area contributed by atoms with Crippen LogP contribution in [0.4, 0.5) is 5.69 Å². The fourth-order valence-corrected chi connectivity index (χ4v) is 4.27. The number of hydrogen-bond acceptors (Lipinski definition) is 3. The van der Waals surface area contributed by atoms with Crippen molar-refractivity contribution >= 4 is 23.2 Å². The lowest BCUT2D eigenvalue weighted by Crippen LogP contribution is -2.34. The summed E-state index contributed by atoms with van der Waals surface area (Å²) in [7, 11) is 1.67. The first kappa shape index (κ1) is 15.3. The van der Waals surface area contributed by atoms with Crippen LogP contribution in [0.25, 0.3) is 0 Å². The van der Waals surface area contributed by atoms with Crippen LogP contribution in [0.1, 0.15) is 40.7 Å². The second-order valence-corrected chi connectivity index (χ2v) is 6.97. The smallest absolute Gasteiger partial charge is 0.251 e. The summed E-state index contributed by atoms with van der Waals surface area (Å²) >= 11 is 6.27. The van der Waals surface area contributed by atoms with Crippen molar-refractivity contribution in [3.63, 3.8) is 0 Å². The molecule has 0 fully saturated rings. The fraction of sp³-hybridized carbons (Fsp3) is 0.316. The third kappa shape index (κ3) is 2.09. The van der Waals surface area contributed by atoms with Crippen LogP contribution in [0.5, 0.6) is 5.75 Å². The number of nitrogens with one attached hydrogen (secondary N) is 2. The van der Waals surface area contributed by atoms with Gasteiger partial charge in [0.05, 0.1) is 12.6 Å². The lowest BCUT2D eigenvalue weighted by Gasteiger charge is -2.34. The van der Waals surface area contributed by atoms with Crippen molar-refractivity contribution in [2.24, 2.45) is 0 Å². The van der Waals surface area contributed by atoms with Crippen LogP contribution in [0.2, 0.25) is 5.02 Å². The lowest BCUT2D eigenvalue weighted by molar-refractivity contribution is 0.0956. The molecule has 24 heavy (non-hydrogen) atoms. The minimum Gasteiger partial charge on any atom is -0.496 e. The van der Waals surface area contributed by atoms with E-state index in [-0.39, 0.29) is 17.4 Å². The molecule has 2 atom stereocenters. The van der Waals surface area contributed by atoms with E-state index in [9.17, 15) is 4.79 Å². The molecular formula is C19H19ClN2O2. The zero-order valence-corrected chi connectivity index (χ0v) is 14.4. The summed E-state index contributed by atoms with van der Waals surface area (Å²) in [6.07, 6.45) is 0.856. The van der Waals surface area contributed by atoms with Crippen molar-refractivity contribution in [3.05, 3.63) is 58.1 Å². The van der Waals surface area contributed by atoms with Crippen LogP contribution in [0, 0.1) is 0 Å². The van der Waals surface area contributed by atoms with E-state index in [1.807, 2.05) is 36.4 Å². The summed E-state index contributed by atoms with van der Waals surface area (Å²) in [5.74, 6) is 0.959. The fourth-order valence-electron chi connectivity index (χ4n) is 4.10. The summed E-state index contributed by atoms with van der Waals surface area (Å²) in [5, 5.41) is 7.31. The Hall–Kier alpha value is -2.20. The van der Waals surface area contributed by atoms with Gasteiger partial charge < -0.3 is 15.4 Å². The molecule has 2 aliphatic rings. The highest BCUT2D eigenvalue weighted by atomic mass is 35.5. The van der Waals surface area contributed by atoms with E-state index in [1.165, 1.54) is 0 Å². The molecule has 0 aliphatic carbocycles. The van der Waals surface area contributed by atoms with Crippen molar-refractivity contribution in [1.82, 2.24) is 5.32 Å². The molecule has 2 unspecified atom stereocenters. The molecule has 4 rings (SSSR count). The molecule has 2 N–H and O–H groups in total. The highest BCUT2D eigenvalue weighted by Gasteiger charge is 2.47. The summed E-state index contributed by atoms with van der Waals surface area (Å²) in [6.45, 7) is 2.81. The first-order valence-corrected chi connectivity index (χ1v) is 8.45. The number of methoxy groups -OCH3 is 1. The SMILES string of the molecule is COc1ccc(Cl)cc1C1(C)Nc2cccc3c2C1CCNC3=O. The number of carbonyl (C=O) groups is 1. The van der Waals surface area contributed by atoms with Gasteiger partial charge in [0.25, 0.3) is 5.91 Å². The van der Waals surface area contributed by atoms with Gasteiger partial charge in [-0.3, -0.25) is 4.79 Å². The molecule has 5 heteroatoms. The topological polar surface area (TPSA) is 50.4 Å². The minimum absolute atomic E-state index is 0.00143. The molecule has 4 nitrogen and oxygen atoms in total. The van der Waals surface area contributed by atoms with E-state index < -0.39 is 0 Å². The Morgan fingerprint density at radius 1 is 1.29 bits per heavy atom. The van der Waals surface area contributed by atoms with E-state index in [4.69, 9.17) is 16.3 Å². The highest BCUT2D eigenvalue weighted by molar-refractivity contribution is 6.30. The molecule has 2 heterocycles. The third-order valence-electron chi connectivity index (χ3n) is 5.23. The third-order valence-corrected chi connectivity index (χ3v) is 5.47. The van der Waals surface area contributed by atoms with Gasteiger partial charge in [0, 0.05) is 34.3 Å². The molecule has 0 radical (unpaired) electrons. The molecule has 0 saturated carbocycles. The largest absolute Gasteiger partial charge is 0.496 e. The second-order valence-electron chi connectivity index (χ2n) is 6.54. The van der Waals surface area contributed by atoms with Gasteiger partial charge in [-0.05, 0) is 49.2 Å². The minimum atomic E-state index is -0.388. The quantitative estimate of drug-likeness (QED) is 0.870. The molecule has 0 aromatic heterocycles. The number of hydrogen-bond donors (Lipinski definition) is 2. The Morgan fingerprint density at radius 3 is 2.92 bits per heavy atom. The van der Waals surface area contributed by atoms with Crippen LogP contribution in [0.3, 0.4) is 0 Å². The zero-order valence-electron chi connectivity index (χ0n) is 13.7. The molecule has 2 aromatic rings. The lowest BCUT2D eigenvalue weighted by atomic mass is 9.76. The molecule has 2 aliphatic heterocycles. The monoisotopic (exact) mass is 342 g/mol. The molecule has 0 spiro atoms. The van der Waals surface area contributed by atoms with Gasteiger partial charge in [-0.25, -0.2) is 0 Å². The Kier molecular flexibility index (Phi) is 3.46. The first-order valence-electron chi connectivity index (χ1n) is 8.08. The maximum atomic E-state index is 12.4. The normalized spacial score (nSPS) is 24.6. The Bertz CT molecular complexity index is 836. The maximum Gasteiger partial charge on any atom is 0.251 e. The predicted octanol–water partition coefficient (Wildman–Crippen LogP) is 3.91. The summed E-state index contributed by atoms with van der Waals surface area (Å²) in [6, 6.07) is 11.5. The van der Waals surface area contributed by atoms with Gasteiger partial charge in [-0.15, -0.1) is 0 Å². The Balaban J connectivity index is 1.93. The van der Waals surface area contributed by atoms with Crippen LogP contribution in [-0.2, 0) is 5.54 Å². The number of carbonyl (C=O) groups excluding carboxylic acids is 1. The van der Waals surface area contributed by atoms with Crippen molar-refractivity contribution in [2.45, 2.75) is 24.8 Å². The van der Waals surface area contributed by atoms with Crippen molar-refractivity contribution in [1.29, 1.82) is 0 Å². The van der Waals surface area contributed by atoms with E-state index in [0.717, 1.165) is 34.5 Å². The predicted molar refractivity (Wildman–Crippen MR) is 95.1 cm³/mol. The number of benzene rings is 2. The number of anilines is 1. The molecule has 124 valence electrons. The summed E-state index contributed by atoms with van der Waals surface area (Å²) in [5.41, 5.74) is 3.49. The van der Waals surface area contributed by atoms with Crippen molar-refractivity contribution < 1.29 is 9.53 Å². The van der Waals surface area contributed by atoms with Gasteiger partial charge in [0.1, 0.15) is 5.75 Å². The Labute approximate surface area is 146 Å².